The van der Waals surface area contributed by atoms with Gasteiger partial charge >= 0.3 is 5.97 Å². The number of esters is 1. The first-order chi connectivity index (χ1) is 13.3. The van der Waals surface area contributed by atoms with Crippen LogP contribution in [0.15, 0.2) is 57.5 Å². The molecule has 0 unspecified atom stereocenters. The van der Waals surface area contributed by atoms with Crippen LogP contribution >= 0.6 is 0 Å². The minimum atomic E-state index is -3.45. The molecule has 2 aliphatic rings. The zero-order chi connectivity index (χ0) is 19.9. The number of ether oxygens (including phenoxy) is 1. The number of amidine groups is 1. The Morgan fingerprint density at radius 2 is 2.14 bits per heavy atom. The van der Waals surface area contributed by atoms with Crippen LogP contribution in [0.5, 0.6) is 0 Å². The van der Waals surface area contributed by atoms with Crippen LogP contribution in [-0.4, -0.2) is 46.8 Å². The lowest BCUT2D eigenvalue weighted by atomic mass is 10.2. The van der Waals surface area contributed by atoms with Crippen molar-refractivity contribution >= 4 is 27.5 Å². The van der Waals surface area contributed by atoms with Crippen LogP contribution in [0.4, 0.5) is 0 Å². The molecular formula is C18H16N4O5S. The Morgan fingerprint density at radius 1 is 1.32 bits per heavy atom. The first-order valence-corrected chi connectivity index (χ1v) is 10.1. The molecule has 0 fully saturated rings. The number of rotatable bonds is 3. The van der Waals surface area contributed by atoms with E-state index in [0.717, 1.165) is 5.56 Å². The molecule has 2 aliphatic heterocycles. The van der Waals surface area contributed by atoms with Gasteiger partial charge in [0.15, 0.2) is 0 Å². The van der Waals surface area contributed by atoms with Crippen LogP contribution in [-0.2, 0) is 26.2 Å². The van der Waals surface area contributed by atoms with Crippen LogP contribution in [0.1, 0.15) is 11.3 Å². The Hall–Kier alpha value is -3.27. The summed E-state index contributed by atoms with van der Waals surface area (Å²) >= 11 is 0. The van der Waals surface area contributed by atoms with Gasteiger partial charge in [0.2, 0.25) is 0 Å². The first-order valence-electron chi connectivity index (χ1n) is 8.47. The maximum absolute atomic E-state index is 12.4. The second kappa shape index (κ2) is 6.71. The summed E-state index contributed by atoms with van der Waals surface area (Å²) in [5.74, 6) is -0.453. The van der Waals surface area contributed by atoms with Gasteiger partial charge in [-0.2, -0.15) is 0 Å². The van der Waals surface area contributed by atoms with E-state index < -0.39 is 16.0 Å². The Morgan fingerprint density at radius 3 is 2.96 bits per heavy atom. The van der Waals surface area contributed by atoms with Crippen molar-refractivity contribution in [2.24, 2.45) is 4.40 Å². The summed E-state index contributed by atoms with van der Waals surface area (Å²) in [5, 5.41) is 0. The second-order valence-corrected chi connectivity index (χ2v) is 8.15. The van der Waals surface area contributed by atoms with E-state index in [1.54, 1.807) is 17.2 Å². The number of hydrogen-bond donors (Lipinski definition) is 0. The van der Waals surface area contributed by atoms with Gasteiger partial charge in [-0.05, 0) is 30.7 Å². The molecule has 0 aromatic carbocycles. The van der Waals surface area contributed by atoms with Crippen molar-refractivity contribution in [2.75, 3.05) is 12.3 Å². The van der Waals surface area contributed by atoms with E-state index >= 15 is 0 Å². The Balaban J connectivity index is 1.51. The molecule has 144 valence electrons. The Labute approximate surface area is 160 Å². The van der Waals surface area contributed by atoms with E-state index in [1.807, 2.05) is 13.0 Å². The van der Waals surface area contributed by atoms with Crippen LogP contribution in [0, 0.1) is 6.92 Å². The minimum Gasteiger partial charge on any atom is -0.456 e. The number of hydrogen-bond acceptors (Lipinski definition) is 7. The molecule has 0 spiro atoms. The van der Waals surface area contributed by atoms with E-state index in [1.165, 1.54) is 28.8 Å². The number of aryl methyl sites for hydroxylation is 1. The van der Waals surface area contributed by atoms with Crippen LogP contribution in [0.25, 0.3) is 5.65 Å². The first kappa shape index (κ1) is 18.1. The normalized spacial score (nSPS) is 17.7. The van der Waals surface area contributed by atoms with Gasteiger partial charge < -0.3 is 9.64 Å². The molecule has 9 nitrogen and oxygen atoms in total. The van der Waals surface area contributed by atoms with Crippen molar-refractivity contribution in [1.82, 2.24) is 14.3 Å². The van der Waals surface area contributed by atoms with E-state index in [2.05, 4.69) is 9.38 Å². The molecule has 0 bridgehead atoms. The number of carbonyl (C=O) groups is 1. The molecule has 28 heavy (non-hydrogen) atoms. The van der Waals surface area contributed by atoms with Crippen LogP contribution < -0.4 is 5.56 Å². The molecule has 0 radical (unpaired) electrons. The van der Waals surface area contributed by atoms with Crippen molar-refractivity contribution in [1.29, 1.82) is 0 Å². The highest BCUT2D eigenvalue weighted by molar-refractivity contribution is 7.90. The largest absolute Gasteiger partial charge is 0.456 e. The summed E-state index contributed by atoms with van der Waals surface area (Å²) in [4.78, 5) is 30.5. The summed E-state index contributed by atoms with van der Waals surface area (Å²) in [6.45, 7) is 1.90. The van der Waals surface area contributed by atoms with Crippen molar-refractivity contribution < 1.29 is 17.9 Å². The number of fused-ring (bicyclic) bond motifs is 2. The third-order valence-corrected chi connectivity index (χ3v) is 5.51. The fourth-order valence-electron chi connectivity index (χ4n) is 2.93. The molecule has 4 heterocycles. The highest BCUT2D eigenvalue weighted by Gasteiger charge is 2.25. The summed E-state index contributed by atoms with van der Waals surface area (Å²) in [6.07, 6.45) is 6.04. The molecule has 2 aromatic rings. The summed E-state index contributed by atoms with van der Waals surface area (Å²) in [6, 6.07) is 4.93. The van der Waals surface area contributed by atoms with E-state index in [4.69, 9.17) is 4.74 Å². The van der Waals surface area contributed by atoms with Crippen molar-refractivity contribution in [3.05, 3.63) is 69.9 Å². The van der Waals surface area contributed by atoms with Gasteiger partial charge in [-0.25, -0.2) is 18.2 Å². The zero-order valence-corrected chi connectivity index (χ0v) is 15.7. The molecule has 0 atom stereocenters. The average Bonchev–Trinajstić information content (AvgIpc) is 2.66. The molecule has 0 saturated carbocycles. The van der Waals surface area contributed by atoms with Crippen LogP contribution in [0.2, 0.25) is 0 Å². The number of sulfonamides is 1. The SMILES string of the molecule is Cc1cccn2c(=O)cc(COC(=O)C3=CN4CCS(=O)(=O)N=C4C=C3)nc12. The summed E-state index contributed by atoms with van der Waals surface area (Å²) < 4.78 is 33.4. The van der Waals surface area contributed by atoms with E-state index in [9.17, 15) is 18.0 Å². The van der Waals surface area contributed by atoms with E-state index in [-0.39, 0.29) is 35.9 Å². The number of carbonyl (C=O) groups excluding carboxylic acids is 1. The molecule has 0 N–H and O–H groups in total. The van der Waals surface area contributed by atoms with Crippen LogP contribution in [0.3, 0.4) is 0 Å². The molecule has 10 heteroatoms. The fraction of sp³-hybridized carbons (Fsp3) is 0.222. The van der Waals surface area contributed by atoms with Gasteiger partial charge in [-0.3, -0.25) is 9.20 Å². The van der Waals surface area contributed by atoms with Gasteiger partial charge in [0.1, 0.15) is 18.1 Å². The lowest BCUT2D eigenvalue weighted by molar-refractivity contribution is -0.140. The molecule has 0 saturated heterocycles. The fourth-order valence-corrected chi connectivity index (χ4v) is 3.90. The number of aromatic nitrogens is 2. The third-order valence-electron chi connectivity index (χ3n) is 4.35. The van der Waals surface area contributed by atoms with Crippen molar-refractivity contribution in [3.8, 4) is 0 Å². The smallest absolute Gasteiger partial charge is 0.340 e. The molecule has 0 aliphatic carbocycles. The molecule has 2 aromatic heterocycles. The molecule has 4 rings (SSSR count). The summed E-state index contributed by atoms with van der Waals surface area (Å²) in [5.41, 5.74) is 1.68. The highest BCUT2D eigenvalue weighted by Crippen LogP contribution is 2.17. The van der Waals surface area contributed by atoms with Crippen molar-refractivity contribution in [3.63, 3.8) is 0 Å². The van der Waals surface area contributed by atoms with E-state index in [0.29, 0.717) is 11.3 Å². The van der Waals surface area contributed by atoms with Gasteiger partial charge in [0.25, 0.3) is 15.6 Å². The van der Waals surface area contributed by atoms with Gasteiger partial charge in [-0.15, -0.1) is 4.40 Å². The van der Waals surface area contributed by atoms with Gasteiger partial charge in [0, 0.05) is 25.0 Å². The second-order valence-electron chi connectivity index (χ2n) is 6.39. The van der Waals surface area contributed by atoms with Crippen molar-refractivity contribution in [2.45, 2.75) is 13.5 Å². The number of nitrogens with zero attached hydrogens (tertiary/aromatic N) is 4. The standard InChI is InChI=1S/C18H16N4O5S/c1-12-3-2-6-22-16(23)9-14(19-17(12)22)11-27-18(24)13-4-5-15-20-28(25,26)8-7-21(15)10-13/h2-6,9-10H,7-8,11H2,1H3. The monoisotopic (exact) mass is 400 g/mol. The third kappa shape index (κ3) is 3.46. The lowest BCUT2D eigenvalue weighted by Crippen LogP contribution is -2.37. The molecule has 0 amide bonds. The Bertz CT molecular complexity index is 1240. The zero-order valence-electron chi connectivity index (χ0n) is 14.9. The predicted molar refractivity (Wildman–Crippen MR) is 101 cm³/mol. The van der Waals surface area contributed by atoms with Gasteiger partial charge in [-0.1, -0.05) is 6.07 Å². The maximum Gasteiger partial charge on any atom is 0.340 e. The molecular weight excluding hydrogens is 384 g/mol. The average molecular weight is 400 g/mol. The van der Waals surface area contributed by atoms with Gasteiger partial charge in [0.05, 0.1) is 17.0 Å². The summed E-state index contributed by atoms with van der Waals surface area (Å²) in [7, 11) is -3.45. The maximum atomic E-state index is 12.4. The minimum absolute atomic E-state index is 0.118. The predicted octanol–water partition coefficient (Wildman–Crippen LogP) is 0.544. The number of pyridine rings is 1. The topological polar surface area (TPSA) is 110 Å². The lowest BCUT2D eigenvalue weighted by Gasteiger charge is -2.26. The highest BCUT2D eigenvalue weighted by atomic mass is 32.2. The Kier molecular flexibility index (Phi) is 4.34. The quantitative estimate of drug-likeness (QED) is 0.692.